The largest absolute Gasteiger partial charge is 0.497 e. The summed E-state index contributed by atoms with van der Waals surface area (Å²) < 4.78 is 50.7. The Balaban J connectivity index is 0.000000658. The monoisotopic (exact) mass is 513 g/mol. The minimum Gasteiger partial charge on any atom is -0.497 e. The predicted molar refractivity (Wildman–Crippen MR) is 119 cm³/mol. The third-order valence-corrected chi connectivity index (χ3v) is 4.93. The summed E-state index contributed by atoms with van der Waals surface area (Å²) in [4.78, 5) is 10.8. The lowest BCUT2D eigenvalue weighted by Gasteiger charge is -2.17. The third kappa shape index (κ3) is 7.47. The van der Waals surface area contributed by atoms with E-state index in [-0.39, 0.29) is 5.69 Å². The molecule has 0 bridgehead atoms. The number of benzene rings is 3. The van der Waals surface area contributed by atoms with Gasteiger partial charge in [0.1, 0.15) is 11.5 Å². The van der Waals surface area contributed by atoms with Crippen molar-refractivity contribution in [3.8, 4) is 45.3 Å². The minimum absolute atomic E-state index is 0.0373. The Bertz CT molecular complexity index is 1250. The first kappa shape index (κ1) is 26.5. The second kappa shape index (κ2) is 11.6. The summed E-state index contributed by atoms with van der Waals surface area (Å²) in [6, 6.07) is 25.4. The first-order chi connectivity index (χ1) is 17.1. The maximum Gasteiger partial charge on any atom is 0.361 e. The van der Waals surface area contributed by atoms with E-state index in [1.807, 2.05) is 66.7 Å². The average molecular weight is 514 g/mol. The molecule has 36 heavy (non-hydrogen) atoms. The van der Waals surface area contributed by atoms with E-state index in [2.05, 4.69) is 0 Å². The van der Waals surface area contributed by atoms with E-state index in [4.69, 9.17) is 32.5 Å². The van der Waals surface area contributed by atoms with Crippen LogP contribution < -0.4 is 28.1 Å². The molecule has 186 valence electrons. The molecule has 0 saturated heterocycles. The summed E-state index contributed by atoms with van der Waals surface area (Å²) in [6.45, 7) is 0. The molecule has 4 rings (SSSR count). The lowest BCUT2D eigenvalue weighted by molar-refractivity contribution is -2.00. The number of halogens is 1. The highest BCUT2D eigenvalue weighted by atomic mass is 35.7. The topological polar surface area (TPSA) is 165 Å². The fourth-order valence-electron chi connectivity index (χ4n) is 3.26. The molecule has 0 amide bonds. The molecule has 3 aromatic carbocycles. The number of nitrogens with zero attached hydrogens (tertiary/aromatic N) is 1. The Labute approximate surface area is 208 Å². The van der Waals surface area contributed by atoms with Crippen molar-refractivity contribution in [2.45, 2.75) is 0 Å². The Morgan fingerprint density at radius 1 is 0.667 bits per heavy atom. The van der Waals surface area contributed by atoms with Gasteiger partial charge >= 0.3 is 11.5 Å². The van der Waals surface area contributed by atoms with Gasteiger partial charge in [-0.2, -0.15) is 0 Å². The summed E-state index contributed by atoms with van der Waals surface area (Å²) in [5.74, 6) is 2.76. The fraction of sp³-hybridized carbons (Fsp3) is 0.0800. The van der Waals surface area contributed by atoms with Gasteiger partial charge < -0.3 is 9.47 Å². The number of hydrogen-bond donors (Lipinski definition) is 0. The second-order valence-corrected chi connectivity index (χ2v) is 7.97. The van der Waals surface area contributed by atoms with Gasteiger partial charge in [0.05, 0.1) is 42.4 Å². The van der Waals surface area contributed by atoms with Gasteiger partial charge in [-0.05, 0) is 54.1 Å². The van der Waals surface area contributed by atoms with Crippen molar-refractivity contribution >= 4 is 5.69 Å². The number of nitro benzene ring substituents is 1. The Morgan fingerprint density at radius 2 is 1.11 bits per heavy atom. The summed E-state index contributed by atoms with van der Waals surface area (Å²) in [7, 11) is -1.71. The van der Waals surface area contributed by atoms with Crippen molar-refractivity contribution in [3.63, 3.8) is 0 Å². The van der Waals surface area contributed by atoms with Gasteiger partial charge in [-0.25, -0.2) is 23.1 Å². The average Bonchev–Trinajstić information content (AvgIpc) is 2.87. The molecule has 10 nitrogen and oxygen atoms in total. The molecule has 11 heteroatoms. The van der Waals surface area contributed by atoms with Crippen LogP contribution in [0.5, 0.6) is 11.5 Å². The van der Waals surface area contributed by atoms with Crippen LogP contribution in [0.4, 0.5) is 5.69 Å². The zero-order chi connectivity index (χ0) is 26.3. The predicted octanol–water partition coefficient (Wildman–Crippen LogP) is 1.73. The molecule has 0 saturated carbocycles. The number of methoxy groups -OCH3 is 2. The van der Waals surface area contributed by atoms with Gasteiger partial charge in [0, 0.05) is 17.7 Å². The van der Waals surface area contributed by atoms with Gasteiger partial charge in [-0.3, -0.25) is 10.1 Å². The Morgan fingerprint density at radius 3 is 1.50 bits per heavy atom. The molecule has 0 radical (unpaired) electrons. The van der Waals surface area contributed by atoms with E-state index in [0.717, 1.165) is 33.8 Å². The Hall–Kier alpha value is -4.06. The standard InChI is InChI=1S/C25H20NO5.ClHO4/c1-29-22-10-6-17(7-11-22)24-15-20(19-4-3-5-21(14-19)26(27)28)16-25(31-24)18-8-12-23(30-2)13-9-18;2-1(3,4)5/h3-16H,1-2H3;(H,2,3,4,5)/q+1;/p-1. The fourth-order valence-corrected chi connectivity index (χ4v) is 3.26. The molecule has 4 aromatic rings. The van der Waals surface area contributed by atoms with Gasteiger partial charge in [0.25, 0.3) is 5.69 Å². The van der Waals surface area contributed by atoms with Crippen LogP contribution in [0.15, 0.2) is 89.3 Å². The highest BCUT2D eigenvalue weighted by Crippen LogP contribution is 2.35. The first-order valence-corrected chi connectivity index (χ1v) is 11.4. The van der Waals surface area contributed by atoms with Crippen molar-refractivity contribution < 1.29 is 47.7 Å². The molecule has 0 aliphatic carbocycles. The molecule has 0 fully saturated rings. The van der Waals surface area contributed by atoms with Crippen LogP contribution in [-0.4, -0.2) is 19.1 Å². The van der Waals surface area contributed by atoms with Crippen LogP contribution in [-0.2, 0) is 0 Å². The van der Waals surface area contributed by atoms with E-state index in [9.17, 15) is 10.1 Å². The third-order valence-electron chi connectivity index (χ3n) is 4.93. The molecule has 0 N–H and O–H groups in total. The number of rotatable bonds is 6. The molecule has 1 heterocycles. The number of nitro groups is 1. The van der Waals surface area contributed by atoms with Gasteiger partial charge in [0.15, 0.2) is 0 Å². The van der Waals surface area contributed by atoms with Crippen LogP contribution in [0.25, 0.3) is 33.8 Å². The van der Waals surface area contributed by atoms with Crippen LogP contribution in [0.1, 0.15) is 0 Å². The maximum absolute atomic E-state index is 11.2. The molecule has 0 spiro atoms. The molecular formula is C25H20ClNO9. The highest BCUT2D eigenvalue weighted by molar-refractivity contribution is 5.75. The van der Waals surface area contributed by atoms with E-state index in [0.29, 0.717) is 11.5 Å². The summed E-state index contributed by atoms with van der Waals surface area (Å²) in [5, 5.41) is 11.2. The molecule has 1 aromatic heterocycles. The molecule has 0 atom stereocenters. The van der Waals surface area contributed by atoms with E-state index in [1.165, 1.54) is 6.07 Å². The van der Waals surface area contributed by atoms with Gasteiger partial charge in [-0.1, -0.05) is 12.1 Å². The van der Waals surface area contributed by atoms with E-state index in [1.54, 1.807) is 26.4 Å². The van der Waals surface area contributed by atoms with Crippen LogP contribution in [0.2, 0.25) is 0 Å². The van der Waals surface area contributed by atoms with E-state index >= 15 is 0 Å². The smallest absolute Gasteiger partial charge is 0.361 e. The molecule has 0 aliphatic heterocycles. The van der Waals surface area contributed by atoms with Crippen LogP contribution >= 0.6 is 0 Å². The molecular weight excluding hydrogens is 494 g/mol. The number of ether oxygens (including phenoxy) is 2. The number of hydrogen-bond acceptors (Lipinski definition) is 8. The van der Waals surface area contributed by atoms with Crippen molar-refractivity contribution in [1.29, 1.82) is 0 Å². The zero-order valence-corrected chi connectivity index (χ0v) is 19.8. The Kier molecular flexibility index (Phi) is 8.54. The van der Waals surface area contributed by atoms with Gasteiger partial charge in [-0.15, -0.1) is 10.2 Å². The summed E-state index contributed by atoms with van der Waals surface area (Å²) >= 11 is 0. The van der Waals surface area contributed by atoms with Crippen molar-refractivity contribution in [2.24, 2.45) is 0 Å². The van der Waals surface area contributed by atoms with Crippen molar-refractivity contribution in [2.75, 3.05) is 14.2 Å². The lowest BCUT2D eigenvalue weighted by atomic mass is 10.0. The molecule has 0 aliphatic rings. The van der Waals surface area contributed by atoms with Crippen LogP contribution in [0, 0.1) is 20.4 Å². The van der Waals surface area contributed by atoms with Crippen molar-refractivity contribution in [3.05, 3.63) is 95.0 Å². The van der Waals surface area contributed by atoms with Gasteiger partial charge in [0.2, 0.25) is 0 Å². The van der Waals surface area contributed by atoms with E-state index < -0.39 is 15.2 Å². The normalized spacial score (nSPS) is 10.7. The van der Waals surface area contributed by atoms with Crippen LogP contribution in [0.3, 0.4) is 0 Å². The minimum atomic E-state index is -4.94. The quantitative estimate of drug-likeness (QED) is 0.212. The SMILES string of the molecule is COc1ccc(-c2cc(-c3cccc([N+](=O)[O-])c3)cc(-c3ccc(OC)cc3)[o+]2)cc1.[O-][Cl+3]([O-])([O-])[O-]. The second-order valence-electron chi connectivity index (χ2n) is 7.22. The zero-order valence-electron chi connectivity index (χ0n) is 19.1. The maximum atomic E-state index is 11.2. The summed E-state index contributed by atoms with van der Waals surface area (Å²) in [5.41, 5.74) is 3.31. The highest BCUT2D eigenvalue weighted by Gasteiger charge is 2.21. The molecule has 0 unspecified atom stereocenters. The van der Waals surface area contributed by atoms with Crippen molar-refractivity contribution in [1.82, 2.24) is 0 Å². The number of non-ortho nitro benzene ring substituents is 1. The lowest BCUT2D eigenvalue weighted by Crippen LogP contribution is -2.68. The summed E-state index contributed by atoms with van der Waals surface area (Å²) in [6.07, 6.45) is 0. The first-order valence-electron chi connectivity index (χ1n) is 10.2.